The molecule has 0 bridgehead atoms. The number of aromatic nitrogens is 6. The predicted molar refractivity (Wildman–Crippen MR) is 99.5 cm³/mol. The minimum Gasteiger partial charge on any atom is -0.415 e. The molecule has 0 radical (unpaired) electrons. The minimum absolute atomic E-state index is 0.358. The average molecular weight is 368 g/mol. The van der Waals surface area contributed by atoms with Gasteiger partial charge in [-0.25, -0.2) is 0 Å². The van der Waals surface area contributed by atoms with E-state index >= 15 is 0 Å². The first kappa shape index (κ1) is 16.0. The van der Waals surface area contributed by atoms with E-state index in [1.807, 2.05) is 60.7 Å². The van der Waals surface area contributed by atoms with Crippen molar-refractivity contribution >= 4 is 0 Å². The molecular formula is C20H12N6O2. The normalized spacial score (nSPS) is 10.9. The number of rotatable bonds is 4. The zero-order chi connectivity index (χ0) is 18.8. The van der Waals surface area contributed by atoms with Gasteiger partial charge in [0.25, 0.3) is 11.8 Å². The Labute approximate surface area is 159 Å². The molecule has 1 aromatic carbocycles. The van der Waals surface area contributed by atoms with Gasteiger partial charge < -0.3 is 8.83 Å². The molecule has 8 heteroatoms. The predicted octanol–water partition coefficient (Wildman–Crippen LogP) is 3.91. The first-order valence-electron chi connectivity index (χ1n) is 8.47. The highest BCUT2D eigenvalue weighted by molar-refractivity contribution is 5.65. The van der Waals surface area contributed by atoms with Crippen molar-refractivity contribution in [1.29, 1.82) is 0 Å². The van der Waals surface area contributed by atoms with Gasteiger partial charge in [0.05, 0.1) is 0 Å². The van der Waals surface area contributed by atoms with Crippen molar-refractivity contribution in [3.63, 3.8) is 0 Å². The van der Waals surface area contributed by atoms with Crippen LogP contribution in [-0.4, -0.2) is 30.4 Å². The molecule has 4 heterocycles. The molecule has 8 nitrogen and oxygen atoms in total. The molecule has 28 heavy (non-hydrogen) atoms. The third-order valence-corrected chi connectivity index (χ3v) is 3.97. The first-order valence-corrected chi connectivity index (χ1v) is 8.47. The van der Waals surface area contributed by atoms with Crippen LogP contribution in [0.4, 0.5) is 0 Å². The number of pyridine rings is 2. The second kappa shape index (κ2) is 6.84. The van der Waals surface area contributed by atoms with Gasteiger partial charge in [-0.2, -0.15) is 0 Å². The summed E-state index contributed by atoms with van der Waals surface area (Å²) in [5.41, 5.74) is 2.72. The van der Waals surface area contributed by atoms with Crippen LogP contribution < -0.4 is 0 Å². The summed E-state index contributed by atoms with van der Waals surface area (Å²) in [4.78, 5) is 8.43. The lowest BCUT2D eigenvalue weighted by Gasteiger charge is -1.98. The fraction of sp³-hybridized carbons (Fsp3) is 0. The zero-order valence-corrected chi connectivity index (χ0v) is 14.4. The molecule has 0 fully saturated rings. The van der Waals surface area contributed by atoms with Gasteiger partial charge >= 0.3 is 0 Å². The number of hydrogen-bond acceptors (Lipinski definition) is 8. The Morgan fingerprint density at radius 3 is 1.46 bits per heavy atom. The topological polar surface area (TPSA) is 104 Å². The van der Waals surface area contributed by atoms with Crippen LogP contribution >= 0.6 is 0 Å². The van der Waals surface area contributed by atoms with E-state index in [4.69, 9.17) is 8.83 Å². The van der Waals surface area contributed by atoms with Crippen LogP contribution in [0.3, 0.4) is 0 Å². The van der Waals surface area contributed by atoms with Crippen molar-refractivity contribution in [3.05, 3.63) is 73.1 Å². The molecule has 0 atom stereocenters. The van der Waals surface area contributed by atoms with Crippen molar-refractivity contribution in [2.24, 2.45) is 0 Å². The van der Waals surface area contributed by atoms with E-state index in [9.17, 15) is 0 Å². The Balaban J connectivity index is 1.46. The maximum atomic E-state index is 5.76. The van der Waals surface area contributed by atoms with Crippen LogP contribution in [-0.2, 0) is 0 Å². The maximum Gasteiger partial charge on any atom is 0.266 e. The summed E-state index contributed by atoms with van der Waals surface area (Å²) in [7, 11) is 0. The van der Waals surface area contributed by atoms with Crippen LogP contribution in [0.5, 0.6) is 0 Å². The second-order valence-electron chi connectivity index (χ2n) is 5.84. The highest BCUT2D eigenvalue weighted by Gasteiger charge is 2.15. The van der Waals surface area contributed by atoms with E-state index in [2.05, 4.69) is 30.4 Å². The fourth-order valence-corrected chi connectivity index (χ4v) is 2.65. The molecule has 0 saturated heterocycles. The largest absolute Gasteiger partial charge is 0.415 e. The molecule has 5 rings (SSSR count). The summed E-state index contributed by atoms with van der Waals surface area (Å²) in [6.45, 7) is 0. The summed E-state index contributed by atoms with van der Waals surface area (Å²) in [5, 5.41) is 16.4. The Bertz CT molecular complexity index is 1120. The molecule has 0 aliphatic rings. The molecule has 0 unspecified atom stereocenters. The standard InChI is InChI=1S/C20H12N6O2/c1-3-10-21-15(8-1)19-25-23-17(27-19)13-6-5-7-14(12-13)18-24-26-20(28-18)16-9-2-4-11-22-16/h1-12H. The molecule has 0 spiro atoms. The van der Waals surface area contributed by atoms with Gasteiger partial charge in [0.15, 0.2) is 0 Å². The average Bonchev–Trinajstić information content (AvgIpc) is 3.46. The van der Waals surface area contributed by atoms with Gasteiger partial charge in [0.1, 0.15) is 11.4 Å². The van der Waals surface area contributed by atoms with Crippen LogP contribution in [0.1, 0.15) is 0 Å². The summed E-state index contributed by atoms with van der Waals surface area (Å²) in [5.74, 6) is 1.48. The van der Waals surface area contributed by atoms with E-state index in [0.717, 1.165) is 11.1 Å². The monoisotopic (exact) mass is 368 g/mol. The molecular weight excluding hydrogens is 356 g/mol. The summed E-state index contributed by atoms with van der Waals surface area (Å²) in [6.07, 6.45) is 3.35. The van der Waals surface area contributed by atoms with Crippen molar-refractivity contribution in [2.75, 3.05) is 0 Å². The van der Waals surface area contributed by atoms with Crippen molar-refractivity contribution in [2.45, 2.75) is 0 Å². The fourth-order valence-electron chi connectivity index (χ4n) is 2.65. The van der Waals surface area contributed by atoms with E-state index < -0.39 is 0 Å². The molecule has 5 aromatic rings. The lowest BCUT2D eigenvalue weighted by Crippen LogP contribution is -1.82. The quantitative estimate of drug-likeness (QED) is 0.470. The summed E-state index contributed by atoms with van der Waals surface area (Å²) >= 11 is 0. The first-order chi connectivity index (χ1) is 13.9. The van der Waals surface area contributed by atoms with E-state index in [-0.39, 0.29) is 0 Å². The Hall–Kier alpha value is -4.20. The third kappa shape index (κ3) is 3.03. The lowest BCUT2D eigenvalue weighted by molar-refractivity contribution is 0.580. The van der Waals surface area contributed by atoms with Crippen LogP contribution in [0.15, 0.2) is 81.9 Å². The molecule has 134 valence electrons. The zero-order valence-electron chi connectivity index (χ0n) is 14.4. The molecule has 0 aliphatic heterocycles. The van der Waals surface area contributed by atoms with Gasteiger partial charge in [-0.3, -0.25) is 9.97 Å². The third-order valence-electron chi connectivity index (χ3n) is 3.97. The van der Waals surface area contributed by atoms with Crippen LogP contribution in [0.2, 0.25) is 0 Å². The van der Waals surface area contributed by atoms with E-state index in [1.165, 1.54) is 0 Å². The van der Waals surface area contributed by atoms with Crippen molar-refractivity contribution in [3.8, 4) is 46.1 Å². The van der Waals surface area contributed by atoms with E-state index in [1.54, 1.807) is 12.4 Å². The van der Waals surface area contributed by atoms with Gasteiger partial charge in [-0.15, -0.1) is 20.4 Å². The number of hydrogen-bond donors (Lipinski definition) is 0. The van der Waals surface area contributed by atoms with E-state index in [0.29, 0.717) is 35.0 Å². The molecule has 4 aromatic heterocycles. The molecule has 0 amide bonds. The van der Waals surface area contributed by atoms with Gasteiger partial charge in [0, 0.05) is 23.5 Å². The van der Waals surface area contributed by atoms with Gasteiger partial charge in [-0.1, -0.05) is 18.2 Å². The highest BCUT2D eigenvalue weighted by Crippen LogP contribution is 2.28. The Morgan fingerprint density at radius 2 is 1.00 bits per heavy atom. The Morgan fingerprint density at radius 1 is 0.500 bits per heavy atom. The van der Waals surface area contributed by atoms with Crippen molar-refractivity contribution in [1.82, 2.24) is 30.4 Å². The highest BCUT2D eigenvalue weighted by atomic mass is 16.4. The SMILES string of the molecule is c1ccc(-c2nnc(-c3cccc(-c4nnc(-c5ccccn5)o4)c3)o2)nc1. The summed E-state index contributed by atoms with van der Waals surface area (Å²) in [6, 6.07) is 18.5. The molecule has 0 aliphatic carbocycles. The summed E-state index contributed by atoms with van der Waals surface area (Å²) < 4.78 is 11.5. The van der Waals surface area contributed by atoms with Crippen LogP contribution in [0, 0.1) is 0 Å². The minimum atomic E-state index is 0.358. The second-order valence-corrected chi connectivity index (χ2v) is 5.84. The molecule has 0 saturated carbocycles. The maximum absolute atomic E-state index is 5.76. The van der Waals surface area contributed by atoms with Crippen LogP contribution in [0.25, 0.3) is 46.1 Å². The molecule has 0 N–H and O–H groups in total. The lowest BCUT2D eigenvalue weighted by atomic mass is 10.1. The number of nitrogens with zero attached hydrogens (tertiary/aromatic N) is 6. The van der Waals surface area contributed by atoms with Gasteiger partial charge in [0.2, 0.25) is 11.8 Å². The number of benzene rings is 1. The van der Waals surface area contributed by atoms with Gasteiger partial charge in [-0.05, 0) is 42.5 Å². The Kier molecular flexibility index (Phi) is 3.91. The van der Waals surface area contributed by atoms with Crippen molar-refractivity contribution < 1.29 is 8.83 Å². The smallest absolute Gasteiger partial charge is 0.266 e.